The van der Waals surface area contributed by atoms with Crippen LogP contribution in [0.5, 0.6) is 0 Å². The lowest BCUT2D eigenvalue weighted by molar-refractivity contribution is 0.0493. The van der Waals surface area contributed by atoms with Crippen molar-refractivity contribution in [2.24, 2.45) is 0 Å². The molecule has 7 heteroatoms. The molecular weight excluding hydrogens is 408 g/mol. The molecule has 3 heterocycles. The fraction of sp³-hybridized carbons (Fsp3) is 0.583. The van der Waals surface area contributed by atoms with E-state index in [2.05, 4.69) is 41.4 Å². The lowest BCUT2D eigenvalue weighted by Gasteiger charge is -2.34. The second-order valence-corrected chi connectivity index (χ2v) is 11.4. The third kappa shape index (κ3) is 3.87. The highest BCUT2D eigenvalue weighted by Gasteiger charge is 2.54. The summed E-state index contributed by atoms with van der Waals surface area (Å²) in [6.45, 7) is 7.62. The van der Waals surface area contributed by atoms with Crippen molar-refractivity contribution in [2.45, 2.75) is 74.8 Å². The smallest absolute Gasteiger partial charge is 0.227 e. The van der Waals surface area contributed by atoms with Crippen LogP contribution in [0.1, 0.15) is 62.3 Å². The molecule has 2 aliphatic heterocycles. The van der Waals surface area contributed by atoms with Crippen LogP contribution in [0.15, 0.2) is 29.2 Å². The zero-order valence-electron chi connectivity index (χ0n) is 18.6. The molecule has 2 N–H and O–H groups in total. The SMILES string of the molecule is Cc1ccc(C2CCN(c3nc4c(c(NC5(C(C)(C)O)CC5)n3)S(=O)CC4)CC2)cc1. The highest BCUT2D eigenvalue weighted by Crippen LogP contribution is 2.48. The molecule has 166 valence electrons. The maximum atomic E-state index is 12.7. The highest BCUT2D eigenvalue weighted by molar-refractivity contribution is 7.85. The summed E-state index contributed by atoms with van der Waals surface area (Å²) in [5.41, 5.74) is 2.36. The van der Waals surface area contributed by atoms with Gasteiger partial charge in [0.15, 0.2) is 0 Å². The van der Waals surface area contributed by atoms with Gasteiger partial charge in [0, 0.05) is 25.3 Å². The largest absolute Gasteiger partial charge is 0.388 e. The quantitative estimate of drug-likeness (QED) is 0.740. The molecule has 2 fully saturated rings. The van der Waals surface area contributed by atoms with Crippen LogP contribution < -0.4 is 10.2 Å². The van der Waals surface area contributed by atoms with Crippen molar-refractivity contribution in [1.29, 1.82) is 0 Å². The standard InChI is InChI=1S/C24H32N4O2S/c1-16-4-6-17(7-5-16)18-8-13-28(14-9-18)22-25-19-10-15-31(30)20(19)21(26-22)27-24(11-12-24)23(2,3)29/h4-7,18,29H,8-15H2,1-3H3,(H,25,26,27). The van der Waals surface area contributed by atoms with Crippen molar-refractivity contribution in [1.82, 2.24) is 9.97 Å². The molecule has 3 aliphatic rings. The molecule has 1 atom stereocenters. The molecule has 1 saturated heterocycles. The number of aryl methyl sites for hydroxylation is 2. The number of nitrogens with one attached hydrogen (secondary N) is 1. The number of piperidine rings is 1. The topological polar surface area (TPSA) is 78.3 Å². The molecular formula is C24H32N4O2S. The van der Waals surface area contributed by atoms with Crippen LogP contribution in [0.2, 0.25) is 0 Å². The average molecular weight is 441 g/mol. The number of hydrogen-bond donors (Lipinski definition) is 2. The van der Waals surface area contributed by atoms with Crippen LogP contribution >= 0.6 is 0 Å². The second kappa shape index (κ2) is 7.55. The Morgan fingerprint density at radius 2 is 1.84 bits per heavy atom. The normalized spacial score (nSPS) is 23.0. The highest BCUT2D eigenvalue weighted by atomic mass is 32.2. The maximum absolute atomic E-state index is 12.7. The zero-order valence-corrected chi connectivity index (χ0v) is 19.5. The number of aliphatic hydroxyl groups is 1. The Balaban J connectivity index is 1.38. The third-order valence-corrected chi connectivity index (χ3v) is 8.74. The second-order valence-electron chi connectivity index (χ2n) is 9.89. The van der Waals surface area contributed by atoms with E-state index in [1.54, 1.807) is 0 Å². The minimum absolute atomic E-state index is 0.391. The summed E-state index contributed by atoms with van der Waals surface area (Å²) in [5, 5.41) is 14.2. The van der Waals surface area contributed by atoms with Crippen molar-refractivity contribution >= 4 is 22.6 Å². The van der Waals surface area contributed by atoms with E-state index in [1.807, 2.05) is 13.8 Å². The van der Waals surface area contributed by atoms with Gasteiger partial charge in [-0.2, -0.15) is 4.98 Å². The predicted octanol–water partition coefficient (Wildman–Crippen LogP) is 3.55. The number of hydrogen-bond acceptors (Lipinski definition) is 6. The Morgan fingerprint density at radius 3 is 2.45 bits per heavy atom. The fourth-order valence-corrected chi connectivity index (χ4v) is 6.21. The molecule has 1 aromatic heterocycles. The summed E-state index contributed by atoms with van der Waals surface area (Å²) in [6.07, 6.45) is 4.65. The number of benzene rings is 1. The Labute approximate surface area is 186 Å². The van der Waals surface area contributed by atoms with E-state index in [9.17, 15) is 9.32 Å². The van der Waals surface area contributed by atoms with Crippen LogP contribution in [0.4, 0.5) is 11.8 Å². The monoisotopic (exact) mass is 440 g/mol. The molecule has 1 unspecified atom stereocenters. The first-order valence-corrected chi connectivity index (χ1v) is 12.7. The Morgan fingerprint density at radius 1 is 1.16 bits per heavy atom. The number of fused-ring (bicyclic) bond motifs is 1. The Hall–Kier alpha value is -1.99. The van der Waals surface area contributed by atoms with E-state index in [0.29, 0.717) is 17.5 Å². The van der Waals surface area contributed by atoms with Gasteiger partial charge in [-0.25, -0.2) is 4.98 Å². The van der Waals surface area contributed by atoms with Crippen LogP contribution in [0.25, 0.3) is 0 Å². The van der Waals surface area contributed by atoms with Gasteiger partial charge in [-0.1, -0.05) is 29.8 Å². The maximum Gasteiger partial charge on any atom is 0.227 e. The molecule has 1 saturated carbocycles. The van der Waals surface area contributed by atoms with Crippen molar-refractivity contribution in [3.8, 4) is 0 Å². The van der Waals surface area contributed by atoms with Gasteiger partial charge >= 0.3 is 0 Å². The molecule has 5 rings (SSSR count). The number of anilines is 2. The van der Waals surface area contributed by atoms with Gasteiger partial charge in [0.25, 0.3) is 0 Å². The molecule has 0 amide bonds. The molecule has 31 heavy (non-hydrogen) atoms. The lowest BCUT2D eigenvalue weighted by atomic mass is 9.89. The molecule has 2 aromatic rings. The summed E-state index contributed by atoms with van der Waals surface area (Å²) in [6, 6.07) is 8.90. The summed E-state index contributed by atoms with van der Waals surface area (Å²) in [7, 11) is -1.08. The Bertz CT molecular complexity index is 1000. The molecule has 0 spiro atoms. The van der Waals surface area contributed by atoms with Crippen LogP contribution in [-0.2, 0) is 17.2 Å². The van der Waals surface area contributed by atoms with Gasteiger partial charge in [0.1, 0.15) is 10.7 Å². The third-order valence-electron chi connectivity index (χ3n) is 7.28. The van der Waals surface area contributed by atoms with E-state index in [4.69, 9.17) is 9.97 Å². The number of nitrogens with zero attached hydrogens (tertiary/aromatic N) is 3. The average Bonchev–Trinajstić information content (AvgIpc) is 3.44. The van der Waals surface area contributed by atoms with Gasteiger partial charge in [-0.3, -0.25) is 4.21 Å². The first-order chi connectivity index (χ1) is 14.8. The van der Waals surface area contributed by atoms with E-state index < -0.39 is 21.9 Å². The van der Waals surface area contributed by atoms with E-state index in [0.717, 1.165) is 61.7 Å². The van der Waals surface area contributed by atoms with Crippen LogP contribution in [-0.4, -0.2) is 49.3 Å². The van der Waals surface area contributed by atoms with Crippen LogP contribution in [0, 0.1) is 6.92 Å². The van der Waals surface area contributed by atoms with Gasteiger partial charge in [-0.15, -0.1) is 0 Å². The summed E-state index contributed by atoms with van der Waals surface area (Å²) < 4.78 is 12.7. The van der Waals surface area contributed by atoms with Crippen molar-refractivity contribution in [3.05, 3.63) is 41.1 Å². The van der Waals surface area contributed by atoms with E-state index in [-0.39, 0.29) is 0 Å². The summed E-state index contributed by atoms with van der Waals surface area (Å²) in [5.74, 6) is 2.57. The first kappa shape index (κ1) is 20.9. The van der Waals surface area contributed by atoms with Crippen LogP contribution in [0.3, 0.4) is 0 Å². The van der Waals surface area contributed by atoms with Crippen molar-refractivity contribution < 1.29 is 9.32 Å². The molecule has 0 bridgehead atoms. The van der Waals surface area contributed by atoms with Gasteiger partial charge in [0.05, 0.1) is 27.6 Å². The summed E-state index contributed by atoms with van der Waals surface area (Å²) in [4.78, 5) is 12.7. The van der Waals surface area contributed by atoms with Gasteiger partial charge in [-0.05, 0) is 57.9 Å². The number of aromatic nitrogens is 2. The molecule has 1 aromatic carbocycles. The molecule has 1 aliphatic carbocycles. The number of rotatable bonds is 5. The Kier molecular flexibility index (Phi) is 5.09. The van der Waals surface area contributed by atoms with E-state index in [1.165, 1.54) is 11.1 Å². The molecule has 6 nitrogen and oxygen atoms in total. The van der Waals surface area contributed by atoms with Crippen molar-refractivity contribution in [2.75, 3.05) is 29.1 Å². The fourth-order valence-electron chi connectivity index (χ4n) is 4.90. The van der Waals surface area contributed by atoms with Crippen molar-refractivity contribution in [3.63, 3.8) is 0 Å². The lowest BCUT2D eigenvalue weighted by Crippen LogP contribution is -2.45. The predicted molar refractivity (Wildman–Crippen MR) is 124 cm³/mol. The molecule has 0 radical (unpaired) electrons. The summed E-state index contributed by atoms with van der Waals surface area (Å²) >= 11 is 0. The minimum atomic E-state index is -1.08. The van der Waals surface area contributed by atoms with Gasteiger partial charge in [0.2, 0.25) is 5.95 Å². The minimum Gasteiger partial charge on any atom is -0.388 e. The van der Waals surface area contributed by atoms with E-state index >= 15 is 0 Å². The van der Waals surface area contributed by atoms with Gasteiger partial charge < -0.3 is 15.3 Å². The zero-order chi connectivity index (χ0) is 21.8. The first-order valence-electron chi connectivity index (χ1n) is 11.4.